The maximum absolute atomic E-state index is 9.49. The van der Waals surface area contributed by atoms with Crippen LogP contribution in [0.15, 0.2) is 0 Å². The lowest BCUT2D eigenvalue weighted by Crippen LogP contribution is -2.23. The van der Waals surface area contributed by atoms with Crippen LogP contribution in [-0.2, 0) is 14.2 Å². The first-order valence-electron chi connectivity index (χ1n) is 6.15. The van der Waals surface area contributed by atoms with Gasteiger partial charge in [-0.1, -0.05) is 6.42 Å². The summed E-state index contributed by atoms with van der Waals surface area (Å²) in [5, 5.41) is 9.49. The molecule has 1 saturated carbocycles. The Hall–Kier alpha value is -0.160. The monoisotopic (exact) mass is 232 g/mol. The molecular formula is C12H24O4. The highest BCUT2D eigenvalue weighted by Crippen LogP contribution is 2.24. The van der Waals surface area contributed by atoms with Crippen molar-refractivity contribution in [2.24, 2.45) is 5.92 Å². The second-order valence-electron chi connectivity index (χ2n) is 4.37. The predicted molar refractivity (Wildman–Crippen MR) is 61.5 cm³/mol. The average Bonchev–Trinajstić information content (AvgIpc) is 2.28. The van der Waals surface area contributed by atoms with E-state index >= 15 is 0 Å². The lowest BCUT2D eigenvalue weighted by Gasteiger charge is -2.25. The van der Waals surface area contributed by atoms with Crippen LogP contribution in [0, 0.1) is 5.92 Å². The molecular weight excluding hydrogens is 208 g/mol. The van der Waals surface area contributed by atoms with E-state index in [0.29, 0.717) is 32.3 Å². The Morgan fingerprint density at radius 2 is 1.81 bits per heavy atom. The van der Waals surface area contributed by atoms with Gasteiger partial charge in [0.25, 0.3) is 0 Å². The van der Waals surface area contributed by atoms with Gasteiger partial charge in [-0.25, -0.2) is 0 Å². The molecule has 1 unspecified atom stereocenters. The van der Waals surface area contributed by atoms with Gasteiger partial charge in [0.15, 0.2) is 0 Å². The van der Waals surface area contributed by atoms with Crippen LogP contribution in [0.4, 0.5) is 0 Å². The third-order valence-corrected chi connectivity index (χ3v) is 2.91. The molecule has 1 aliphatic rings. The van der Waals surface area contributed by atoms with E-state index < -0.39 is 0 Å². The van der Waals surface area contributed by atoms with Crippen molar-refractivity contribution in [3.05, 3.63) is 0 Å². The molecule has 1 rings (SSSR count). The minimum atomic E-state index is -0.111. The van der Waals surface area contributed by atoms with Crippen molar-refractivity contribution in [2.75, 3.05) is 40.1 Å². The zero-order valence-corrected chi connectivity index (χ0v) is 10.2. The minimum Gasteiger partial charge on any atom is -0.393 e. The lowest BCUT2D eigenvalue weighted by atomic mass is 9.88. The largest absolute Gasteiger partial charge is 0.393 e. The second kappa shape index (κ2) is 8.93. The van der Waals surface area contributed by atoms with Crippen molar-refractivity contribution in [1.29, 1.82) is 0 Å². The fraction of sp³-hybridized carbons (Fsp3) is 1.00. The van der Waals surface area contributed by atoms with Crippen LogP contribution in [0.5, 0.6) is 0 Å². The van der Waals surface area contributed by atoms with E-state index in [-0.39, 0.29) is 6.10 Å². The smallest absolute Gasteiger partial charge is 0.0701 e. The van der Waals surface area contributed by atoms with Gasteiger partial charge < -0.3 is 19.3 Å². The topological polar surface area (TPSA) is 47.9 Å². The number of hydrogen-bond donors (Lipinski definition) is 1. The van der Waals surface area contributed by atoms with Crippen molar-refractivity contribution in [3.63, 3.8) is 0 Å². The number of aliphatic hydroxyl groups excluding tert-OH is 1. The van der Waals surface area contributed by atoms with Gasteiger partial charge in [0.05, 0.1) is 32.5 Å². The molecule has 0 spiro atoms. The van der Waals surface area contributed by atoms with Crippen LogP contribution < -0.4 is 0 Å². The molecule has 96 valence electrons. The Morgan fingerprint density at radius 3 is 2.56 bits per heavy atom. The van der Waals surface area contributed by atoms with E-state index in [1.165, 1.54) is 6.42 Å². The molecule has 0 aromatic heterocycles. The normalized spacial score (nSPS) is 25.9. The van der Waals surface area contributed by atoms with Crippen molar-refractivity contribution < 1.29 is 19.3 Å². The van der Waals surface area contributed by atoms with Crippen molar-refractivity contribution >= 4 is 0 Å². The number of ether oxygens (including phenoxy) is 3. The summed E-state index contributed by atoms with van der Waals surface area (Å²) in [4.78, 5) is 0. The van der Waals surface area contributed by atoms with Gasteiger partial charge in [-0.15, -0.1) is 0 Å². The van der Waals surface area contributed by atoms with Crippen LogP contribution in [0.3, 0.4) is 0 Å². The Labute approximate surface area is 97.9 Å². The van der Waals surface area contributed by atoms with E-state index in [0.717, 1.165) is 25.9 Å². The molecule has 0 radical (unpaired) electrons. The van der Waals surface area contributed by atoms with E-state index in [2.05, 4.69) is 0 Å². The van der Waals surface area contributed by atoms with Crippen LogP contribution in [0.25, 0.3) is 0 Å². The molecule has 0 bridgehead atoms. The fourth-order valence-electron chi connectivity index (χ4n) is 2.03. The van der Waals surface area contributed by atoms with Gasteiger partial charge in [0.2, 0.25) is 0 Å². The highest BCUT2D eigenvalue weighted by molar-refractivity contribution is 4.71. The van der Waals surface area contributed by atoms with Crippen LogP contribution in [-0.4, -0.2) is 51.4 Å². The quantitative estimate of drug-likeness (QED) is 0.639. The van der Waals surface area contributed by atoms with Gasteiger partial charge in [-0.05, 0) is 25.2 Å². The van der Waals surface area contributed by atoms with Crippen molar-refractivity contribution in [3.8, 4) is 0 Å². The zero-order valence-electron chi connectivity index (χ0n) is 10.2. The SMILES string of the molecule is COCCOCCOCC1CCC[C@@H](O)C1. The van der Waals surface area contributed by atoms with Gasteiger partial charge in [0, 0.05) is 13.7 Å². The Balaban J connectivity index is 1.86. The molecule has 0 amide bonds. The van der Waals surface area contributed by atoms with Crippen molar-refractivity contribution in [2.45, 2.75) is 31.8 Å². The van der Waals surface area contributed by atoms with Crippen LogP contribution in [0.2, 0.25) is 0 Å². The number of rotatable bonds is 8. The maximum Gasteiger partial charge on any atom is 0.0701 e. The number of methoxy groups -OCH3 is 1. The summed E-state index contributed by atoms with van der Waals surface area (Å²) >= 11 is 0. The van der Waals surface area contributed by atoms with E-state index in [1.54, 1.807) is 7.11 Å². The zero-order chi connectivity index (χ0) is 11.6. The molecule has 0 aromatic rings. The highest BCUT2D eigenvalue weighted by Gasteiger charge is 2.19. The summed E-state index contributed by atoms with van der Waals surface area (Å²) in [6.45, 7) is 3.27. The Morgan fingerprint density at radius 1 is 1.06 bits per heavy atom. The van der Waals surface area contributed by atoms with E-state index in [4.69, 9.17) is 14.2 Å². The fourth-order valence-corrected chi connectivity index (χ4v) is 2.03. The summed E-state index contributed by atoms with van der Waals surface area (Å²) < 4.78 is 15.7. The molecule has 0 saturated heterocycles. The molecule has 4 nitrogen and oxygen atoms in total. The van der Waals surface area contributed by atoms with Crippen molar-refractivity contribution in [1.82, 2.24) is 0 Å². The van der Waals surface area contributed by atoms with Gasteiger partial charge in [-0.3, -0.25) is 0 Å². The summed E-state index contributed by atoms with van der Waals surface area (Å²) in [5.74, 6) is 0.530. The second-order valence-corrected chi connectivity index (χ2v) is 4.37. The first kappa shape index (κ1) is 13.9. The predicted octanol–water partition coefficient (Wildman–Crippen LogP) is 1.22. The molecule has 1 fully saturated rings. The number of hydrogen-bond acceptors (Lipinski definition) is 4. The van der Waals surface area contributed by atoms with E-state index in [9.17, 15) is 5.11 Å². The molecule has 2 atom stereocenters. The molecule has 16 heavy (non-hydrogen) atoms. The maximum atomic E-state index is 9.49. The lowest BCUT2D eigenvalue weighted by molar-refractivity contribution is 0.00116. The summed E-state index contributed by atoms with van der Waals surface area (Å²) in [6, 6.07) is 0. The summed E-state index contributed by atoms with van der Waals surface area (Å²) in [5.41, 5.74) is 0. The molecule has 4 heteroatoms. The third-order valence-electron chi connectivity index (χ3n) is 2.91. The minimum absolute atomic E-state index is 0.111. The molecule has 0 aliphatic heterocycles. The third kappa shape index (κ3) is 6.43. The average molecular weight is 232 g/mol. The first-order chi connectivity index (χ1) is 7.83. The summed E-state index contributed by atoms with van der Waals surface area (Å²) in [6.07, 6.45) is 4.04. The standard InChI is InChI=1S/C12H24O4/c1-14-5-6-15-7-8-16-10-11-3-2-4-12(13)9-11/h11-13H,2-10H2,1H3/t11?,12-/m1/s1. The van der Waals surface area contributed by atoms with Crippen LogP contribution in [0.1, 0.15) is 25.7 Å². The van der Waals surface area contributed by atoms with Gasteiger partial charge >= 0.3 is 0 Å². The summed E-state index contributed by atoms with van der Waals surface area (Å²) in [7, 11) is 1.66. The highest BCUT2D eigenvalue weighted by atomic mass is 16.5. The molecule has 1 N–H and O–H groups in total. The Bertz CT molecular complexity index is 163. The molecule has 0 heterocycles. The van der Waals surface area contributed by atoms with Gasteiger partial charge in [0.1, 0.15) is 0 Å². The van der Waals surface area contributed by atoms with Crippen LogP contribution >= 0.6 is 0 Å². The Kier molecular flexibility index (Phi) is 7.76. The molecule has 1 aliphatic carbocycles. The first-order valence-corrected chi connectivity index (χ1v) is 6.15. The molecule has 0 aromatic carbocycles. The number of aliphatic hydroxyl groups is 1. The van der Waals surface area contributed by atoms with E-state index in [1.807, 2.05) is 0 Å². The van der Waals surface area contributed by atoms with Gasteiger partial charge in [-0.2, -0.15) is 0 Å².